The number of likely N-dealkylation sites (N-methyl/N-ethyl adjacent to an activating group) is 1. The van der Waals surface area contributed by atoms with E-state index in [2.05, 4.69) is 50.1 Å². The lowest BCUT2D eigenvalue weighted by Crippen LogP contribution is -2.31. The Labute approximate surface area is 118 Å². The van der Waals surface area contributed by atoms with Gasteiger partial charge in [-0.2, -0.15) is 0 Å². The van der Waals surface area contributed by atoms with E-state index in [1.807, 2.05) is 0 Å². The largest absolute Gasteiger partial charge is 0.371 e. The molecule has 0 amide bonds. The summed E-state index contributed by atoms with van der Waals surface area (Å²) in [4.78, 5) is 2.56. The Hall–Kier alpha value is -0.980. The van der Waals surface area contributed by atoms with Crippen LogP contribution in [-0.4, -0.2) is 13.1 Å². The number of hydrogen-bond donors (Lipinski definition) is 0. The number of para-hydroxylation sites is 1. The summed E-state index contributed by atoms with van der Waals surface area (Å²) in [5.74, 6) is 2.53. The lowest BCUT2D eigenvalue weighted by atomic mass is 9.84. The van der Waals surface area contributed by atoms with Crippen molar-refractivity contribution in [2.75, 3.05) is 11.9 Å². The minimum atomic E-state index is 0.736. The van der Waals surface area contributed by atoms with Gasteiger partial charge in [-0.05, 0) is 42.7 Å². The third kappa shape index (κ3) is 2.40. The van der Waals surface area contributed by atoms with Crippen LogP contribution in [0.5, 0.6) is 0 Å². The molecule has 0 unspecified atom stereocenters. The van der Waals surface area contributed by atoms with Crippen LogP contribution in [0, 0.1) is 11.8 Å². The van der Waals surface area contributed by atoms with E-state index in [0.29, 0.717) is 0 Å². The summed E-state index contributed by atoms with van der Waals surface area (Å²) < 4.78 is 0. The van der Waals surface area contributed by atoms with E-state index in [4.69, 9.17) is 0 Å². The van der Waals surface area contributed by atoms with Gasteiger partial charge in [0, 0.05) is 24.7 Å². The van der Waals surface area contributed by atoms with Gasteiger partial charge in [0.2, 0.25) is 0 Å². The molecule has 2 aliphatic rings. The molecule has 1 aliphatic carbocycles. The number of anilines is 1. The van der Waals surface area contributed by atoms with Gasteiger partial charge in [-0.1, -0.05) is 44.9 Å². The molecule has 1 nitrogen and oxygen atoms in total. The van der Waals surface area contributed by atoms with Gasteiger partial charge < -0.3 is 4.90 Å². The van der Waals surface area contributed by atoms with E-state index in [1.54, 1.807) is 5.56 Å². The highest BCUT2D eigenvalue weighted by molar-refractivity contribution is 5.61. The van der Waals surface area contributed by atoms with Crippen molar-refractivity contribution < 1.29 is 0 Å². The molecule has 0 aromatic heterocycles. The Morgan fingerprint density at radius 3 is 2.47 bits per heavy atom. The molecule has 1 heteroatoms. The summed E-state index contributed by atoms with van der Waals surface area (Å²) in [6, 6.07) is 9.81. The van der Waals surface area contributed by atoms with E-state index >= 15 is 0 Å². The van der Waals surface area contributed by atoms with Crippen LogP contribution in [0.2, 0.25) is 0 Å². The van der Waals surface area contributed by atoms with E-state index in [-0.39, 0.29) is 0 Å². The van der Waals surface area contributed by atoms with Crippen LogP contribution in [0.3, 0.4) is 0 Å². The van der Waals surface area contributed by atoms with Crippen LogP contribution < -0.4 is 4.90 Å². The van der Waals surface area contributed by atoms with Crippen molar-refractivity contribution >= 4 is 5.69 Å². The average Bonchev–Trinajstić information content (AvgIpc) is 2.70. The van der Waals surface area contributed by atoms with Crippen molar-refractivity contribution in [2.45, 2.75) is 57.9 Å². The summed E-state index contributed by atoms with van der Waals surface area (Å²) in [6.45, 7) is 4.89. The van der Waals surface area contributed by atoms with Crippen LogP contribution >= 0.6 is 0 Å². The molecule has 1 saturated carbocycles. The molecule has 0 spiro atoms. The molecule has 0 N–H and O–H groups in total. The Kier molecular flexibility index (Phi) is 3.56. The Morgan fingerprint density at radius 2 is 1.63 bits per heavy atom. The molecule has 19 heavy (non-hydrogen) atoms. The van der Waals surface area contributed by atoms with Gasteiger partial charge in [0.15, 0.2) is 0 Å². The van der Waals surface area contributed by atoms with Crippen molar-refractivity contribution in [3.8, 4) is 0 Å². The van der Waals surface area contributed by atoms with Crippen molar-refractivity contribution in [1.29, 1.82) is 0 Å². The molecule has 1 heterocycles. The summed E-state index contributed by atoms with van der Waals surface area (Å²) in [7, 11) is 2.30. The molecular formula is C18H27N. The van der Waals surface area contributed by atoms with Crippen molar-refractivity contribution in [3.05, 3.63) is 29.8 Å². The summed E-state index contributed by atoms with van der Waals surface area (Å²) >= 11 is 0. The van der Waals surface area contributed by atoms with E-state index in [0.717, 1.165) is 23.8 Å². The zero-order chi connectivity index (χ0) is 13.4. The van der Waals surface area contributed by atoms with Crippen molar-refractivity contribution in [3.63, 3.8) is 0 Å². The highest BCUT2D eigenvalue weighted by Gasteiger charge is 2.37. The molecule has 104 valence electrons. The van der Waals surface area contributed by atoms with Crippen LogP contribution in [0.25, 0.3) is 0 Å². The van der Waals surface area contributed by atoms with Gasteiger partial charge in [-0.3, -0.25) is 0 Å². The first kappa shape index (κ1) is 13.0. The fourth-order valence-electron chi connectivity index (χ4n) is 4.18. The smallest absolute Gasteiger partial charge is 0.0402 e. The quantitative estimate of drug-likeness (QED) is 0.644. The maximum Gasteiger partial charge on any atom is 0.0402 e. The van der Waals surface area contributed by atoms with Gasteiger partial charge in [0.1, 0.15) is 0 Å². The maximum absolute atomic E-state index is 2.56. The first-order valence-corrected chi connectivity index (χ1v) is 7.98. The molecule has 0 radical (unpaired) electrons. The third-order valence-corrected chi connectivity index (χ3v) is 5.44. The molecule has 3 rings (SSSR count). The fourth-order valence-corrected chi connectivity index (χ4v) is 4.18. The Balaban J connectivity index is 1.92. The molecule has 4 atom stereocenters. The Morgan fingerprint density at radius 1 is 0.947 bits per heavy atom. The Bertz CT molecular complexity index is 439. The number of rotatable bonds is 0. The van der Waals surface area contributed by atoms with E-state index in [1.165, 1.54) is 37.8 Å². The molecule has 1 aromatic rings. The van der Waals surface area contributed by atoms with Gasteiger partial charge in [-0.25, -0.2) is 0 Å². The summed E-state index contributed by atoms with van der Waals surface area (Å²) in [6.07, 6.45) is 6.97. The summed E-state index contributed by atoms with van der Waals surface area (Å²) in [5.41, 5.74) is 3.09. The van der Waals surface area contributed by atoms with E-state index < -0.39 is 0 Å². The number of nitrogens with zero attached hydrogens (tertiary/aromatic N) is 1. The van der Waals surface area contributed by atoms with Crippen molar-refractivity contribution in [2.24, 2.45) is 11.8 Å². The fraction of sp³-hybridized carbons (Fsp3) is 0.667. The highest BCUT2D eigenvalue weighted by atomic mass is 15.2. The van der Waals surface area contributed by atoms with Gasteiger partial charge >= 0.3 is 0 Å². The number of hydrogen-bond acceptors (Lipinski definition) is 1. The first-order chi connectivity index (χ1) is 9.16. The zero-order valence-corrected chi connectivity index (χ0v) is 12.6. The maximum atomic E-state index is 2.56. The molecule has 1 aromatic carbocycles. The average molecular weight is 257 g/mol. The monoisotopic (exact) mass is 257 g/mol. The second-order valence-corrected chi connectivity index (χ2v) is 6.94. The van der Waals surface area contributed by atoms with Crippen LogP contribution in [-0.2, 0) is 0 Å². The molecule has 1 fully saturated rings. The van der Waals surface area contributed by atoms with Gasteiger partial charge in [0.25, 0.3) is 0 Å². The van der Waals surface area contributed by atoms with Crippen LogP contribution in [0.1, 0.15) is 57.4 Å². The lowest BCUT2D eigenvalue weighted by Gasteiger charge is -2.28. The zero-order valence-electron chi connectivity index (χ0n) is 12.6. The third-order valence-electron chi connectivity index (χ3n) is 5.44. The van der Waals surface area contributed by atoms with Crippen LogP contribution in [0.4, 0.5) is 5.69 Å². The minimum Gasteiger partial charge on any atom is -0.371 e. The highest BCUT2D eigenvalue weighted by Crippen LogP contribution is 2.46. The van der Waals surface area contributed by atoms with Gasteiger partial charge in [0.05, 0.1) is 0 Å². The first-order valence-electron chi connectivity index (χ1n) is 7.98. The predicted octanol–water partition coefficient (Wildman–Crippen LogP) is 4.82. The number of fused-ring (bicyclic) bond motifs is 3. The molecule has 0 bridgehead atoms. The second-order valence-electron chi connectivity index (χ2n) is 6.94. The van der Waals surface area contributed by atoms with E-state index in [9.17, 15) is 0 Å². The van der Waals surface area contributed by atoms with Crippen molar-refractivity contribution in [1.82, 2.24) is 0 Å². The molecule has 1 aliphatic heterocycles. The van der Waals surface area contributed by atoms with Gasteiger partial charge in [-0.15, -0.1) is 0 Å². The number of benzene rings is 1. The molecule has 0 saturated heterocycles. The summed E-state index contributed by atoms with van der Waals surface area (Å²) in [5, 5.41) is 0. The molecular weight excluding hydrogens is 230 g/mol. The minimum absolute atomic E-state index is 0.736. The normalized spacial score (nSPS) is 35.0. The topological polar surface area (TPSA) is 3.24 Å². The lowest BCUT2D eigenvalue weighted by molar-refractivity contribution is 0.402. The second kappa shape index (κ2) is 5.19. The predicted molar refractivity (Wildman–Crippen MR) is 82.8 cm³/mol. The SMILES string of the molecule is C[C@H]1CC[C@@H](C)C[C@H]2c3ccccc3N(C)[C@H]2CC1. The standard InChI is InChI=1S/C18H27N/c1-13-8-9-14(2)12-16-15-6-4-5-7-17(15)19(3)18(16)11-10-13/h4-7,13-14,16,18H,8-12H2,1-3H3/t13-,14+,16-,18-/m0/s1. The van der Waals surface area contributed by atoms with Crippen LogP contribution in [0.15, 0.2) is 24.3 Å².